The van der Waals surface area contributed by atoms with E-state index in [4.69, 9.17) is 5.11 Å². The van der Waals surface area contributed by atoms with Gasteiger partial charge in [0.2, 0.25) is 0 Å². The number of pyridine rings is 1. The van der Waals surface area contributed by atoms with Crippen molar-refractivity contribution in [2.24, 2.45) is 0 Å². The fraction of sp³-hybridized carbons (Fsp3) is 0. The summed E-state index contributed by atoms with van der Waals surface area (Å²) in [5.74, 6) is -0.986. The topological polar surface area (TPSA) is 76.0 Å². The third-order valence-electron chi connectivity index (χ3n) is 1.72. The third kappa shape index (κ3) is 2.54. The Hall–Kier alpha value is -1.95. The summed E-state index contributed by atoms with van der Waals surface area (Å²) in [6, 6.07) is 4.86. The Morgan fingerprint density at radius 1 is 1.19 bits per heavy atom. The van der Waals surface area contributed by atoms with Crippen LogP contribution < -0.4 is 0 Å². The molecule has 2 aromatic rings. The summed E-state index contributed by atoms with van der Waals surface area (Å²) < 4.78 is 0. The van der Waals surface area contributed by atoms with Gasteiger partial charge >= 0.3 is 5.97 Å². The highest BCUT2D eigenvalue weighted by Crippen LogP contribution is 2.21. The van der Waals surface area contributed by atoms with Crippen LogP contribution in [0.2, 0.25) is 0 Å². The van der Waals surface area contributed by atoms with Gasteiger partial charge in [-0.05, 0) is 30.0 Å². The van der Waals surface area contributed by atoms with Gasteiger partial charge in [0, 0.05) is 18.6 Å². The number of aromatic carboxylic acids is 1. The van der Waals surface area contributed by atoms with Crippen LogP contribution in [0.25, 0.3) is 0 Å². The standard InChI is InChI=1S/C10H7N3O2S/c14-9(15)7-2-3-8(13-6-7)16-10-11-4-1-5-12-10/h1-6H,(H,14,15). The smallest absolute Gasteiger partial charge is 0.337 e. The van der Waals surface area contributed by atoms with Crippen molar-refractivity contribution >= 4 is 17.7 Å². The van der Waals surface area contributed by atoms with Crippen LogP contribution in [0.4, 0.5) is 0 Å². The molecule has 0 aliphatic rings. The van der Waals surface area contributed by atoms with E-state index >= 15 is 0 Å². The molecule has 0 aliphatic heterocycles. The van der Waals surface area contributed by atoms with Crippen LogP contribution in [-0.2, 0) is 0 Å². The lowest BCUT2D eigenvalue weighted by molar-refractivity contribution is 0.0696. The Morgan fingerprint density at radius 3 is 2.50 bits per heavy atom. The van der Waals surface area contributed by atoms with Crippen molar-refractivity contribution in [3.8, 4) is 0 Å². The van der Waals surface area contributed by atoms with Gasteiger partial charge in [-0.25, -0.2) is 19.7 Å². The maximum absolute atomic E-state index is 10.6. The SMILES string of the molecule is O=C(O)c1ccc(Sc2ncccn2)nc1. The van der Waals surface area contributed by atoms with Crippen molar-refractivity contribution in [3.63, 3.8) is 0 Å². The molecule has 0 saturated carbocycles. The van der Waals surface area contributed by atoms with E-state index < -0.39 is 5.97 Å². The number of carboxylic acids is 1. The van der Waals surface area contributed by atoms with Gasteiger partial charge in [0.15, 0.2) is 5.16 Å². The molecule has 0 atom stereocenters. The molecule has 0 radical (unpaired) electrons. The van der Waals surface area contributed by atoms with Gasteiger partial charge in [0.1, 0.15) is 5.03 Å². The van der Waals surface area contributed by atoms with Crippen LogP contribution in [0.15, 0.2) is 47.0 Å². The predicted octanol–water partition coefficient (Wildman–Crippen LogP) is 1.72. The maximum atomic E-state index is 10.6. The zero-order valence-corrected chi connectivity index (χ0v) is 8.89. The van der Waals surface area contributed by atoms with E-state index in [2.05, 4.69) is 15.0 Å². The first-order chi connectivity index (χ1) is 7.75. The van der Waals surface area contributed by atoms with Crippen molar-refractivity contribution in [1.29, 1.82) is 0 Å². The Balaban J connectivity index is 2.14. The van der Waals surface area contributed by atoms with Gasteiger partial charge in [-0.2, -0.15) is 0 Å². The summed E-state index contributed by atoms with van der Waals surface area (Å²) in [6.07, 6.45) is 4.59. The molecule has 0 aromatic carbocycles. The number of hydrogen-bond acceptors (Lipinski definition) is 5. The van der Waals surface area contributed by atoms with Crippen LogP contribution in [0.1, 0.15) is 10.4 Å². The van der Waals surface area contributed by atoms with Crippen molar-refractivity contribution in [2.75, 3.05) is 0 Å². The monoisotopic (exact) mass is 233 g/mol. The van der Waals surface area contributed by atoms with Gasteiger partial charge in [0.25, 0.3) is 0 Å². The Labute approximate surface area is 95.6 Å². The fourth-order valence-corrected chi connectivity index (χ4v) is 1.65. The van der Waals surface area contributed by atoms with Crippen LogP contribution in [0, 0.1) is 0 Å². The number of carbonyl (C=O) groups is 1. The molecule has 0 spiro atoms. The van der Waals surface area contributed by atoms with Crippen molar-refractivity contribution < 1.29 is 9.90 Å². The molecule has 2 heterocycles. The van der Waals surface area contributed by atoms with E-state index in [1.807, 2.05) is 0 Å². The van der Waals surface area contributed by atoms with Gasteiger partial charge in [0.05, 0.1) is 5.56 Å². The van der Waals surface area contributed by atoms with Crippen LogP contribution in [-0.4, -0.2) is 26.0 Å². The largest absolute Gasteiger partial charge is 0.478 e. The molecule has 0 amide bonds. The van der Waals surface area contributed by atoms with Gasteiger partial charge in [-0.15, -0.1) is 0 Å². The highest BCUT2D eigenvalue weighted by Gasteiger charge is 2.04. The summed E-state index contributed by atoms with van der Waals surface area (Å²) in [6.45, 7) is 0. The fourth-order valence-electron chi connectivity index (χ4n) is 0.999. The number of aromatic nitrogens is 3. The third-order valence-corrected chi connectivity index (χ3v) is 2.57. The lowest BCUT2D eigenvalue weighted by Crippen LogP contribution is -1.96. The summed E-state index contributed by atoms with van der Waals surface area (Å²) in [7, 11) is 0. The highest BCUT2D eigenvalue weighted by atomic mass is 32.2. The van der Waals surface area contributed by atoms with Gasteiger partial charge in [-0.3, -0.25) is 0 Å². The molecule has 2 aromatic heterocycles. The number of hydrogen-bond donors (Lipinski definition) is 1. The summed E-state index contributed by atoms with van der Waals surface area (Å²) in [5.41, 5.74) is 0.165. The predicted molar refractivity (Wildman–Crippen MR) is 57.4 cm³/mol. The van der Waals surface area contributed by atoms with Gasteiger partial charge in [-0.1, -0.05) is 0 Å². The highest BCUT2D eigenvalue weighted by molar-refractivity contribution is 7.99. The van der Waals surface area contributed by atoms with E-state index in [-0.39, 0.29) is 5.56 Å². The molecule has 16 heavy (non-hydrogen) atoms. The minimum Gasteiger partial charge on any atom is -0.478 e. The normalized spacial score (nSPS) is 10.0. The van der Waals surface area contributed by atoms with Crippen molar-refractivity contribution in [3.05, 3.63) is 42.4 Å². The zero-order valence-electron chi connectivity index (χ0n) is 8.07. The first kappa shape index (κ1) is 10.6. The molecule has 0 bridgehead atoms. The van der Waals surface area contributed by atoms with Crippen LogP contribution >= 0.6 is 11.8 Å². The van der Waals surface area contributed by atoms with E-state index in [0.29, 0.717) is 10.2 Å². The second-order valence-electron chi connectivity index (χ2n) is 2.82. The Bertz CT molecular complexity index is 487. The molecule has 0 unspecified atom stereocenters. The molecule has 0 aliphatic carbocycles. The molecule has 80 valence electrons. The molecule has 0 fully saturated rings. The molecule has 5 nitrogen and oxygen atoms in total. The van der Waals surface area contributed by atoms with E-state index in [0.717, 1.165) is 0 Å². The lowest BCUT2D eigenvalue weighted by Gasteiger charge is -1.98. The second kappa shape index (κ2) is 4.71. The van der Waals surface area contributed by atoms with E-state index in [1.165, 1.54) is 24.0 Å². The molecular formula is C10H7N3O2S. The number of carboxylic acid groups (broad SMARTS) is 1. The molecule has 0 saturated heterocycles. The Morgan fingerprint density at radius 2 is 1.94 bits per heavy atom. The quantitative estimate of drug-likeness (QED) is 0.813. The average Bonchev–Trinajstić information content (AvgIpc) is 2.31. The minimum absolute atomic E-state index is 0.165. The van der Waals surface area contributed by atoms with Crippen molar-refractivity contribution in [2.45, 2.75) is 10.2 Å². The summed E-state index contributed by atoms with van der Waals surface area (Å²) in [5, 5.41) is 9.94. The molecular weight excluding hydrogens is 226 g/mol. The summed E-state index contributed by atoms with van der Waals surface area (Å²) in [4.78, 5) is 22.7. The van der Waals surface area contributed by atoms with Crippen molar-refractivity contribution in [1.82, 2.24) is 15.0 Å². The minimum atomic E-state index is -0.986. The van der Waals surface area contributed by atoms with Crippen LogP contribution in [0.5, 0.6) is 0 Å². The zero-order chi connectivity index (χ0) is 11.4. The second-order valence-corrected chi connectivity index (χ2v) is 3.81. The lowest BCUT2D eigenvalue weighted by atomic mass is 10.3. The van der Waals surface area contributed by atoms with E-state index in [9.17, 15) is 4.79 Å². The first-order valence-electron chi connectivity index (χ1n) is 4.40. The molecule has 1 N–H and O–H groups in total. The Kier molecular flexibility index (Phi) is 3.11. The van der Waals surface area contributed by atoms with Gasteiger partial charge < -0.3 is 5.11 Å². The van der Waals surface area contributed by atoms with Crippen LogP contribution in [0.3, 0.4) is 0 Å². The molecule has 2 rings (SSSR count). The maximum Gasteiger partial charge on any atom is 0.337 e. The average molecular weight is 233 g/mol. The summed E-state index contributed by atoms with van der Waals surface area (Å²) >= 11 is 1.28. The first-order valence-corrected chi connectivity index (χ1v) is 5.21. The molecule has 6 heteroatoms. The van der Waals surface area contributed by atoms with E-state index in [1.54, 1.807) is 24.5 Å². The number of rotatable bonds is 3. The number of nitrogens with zero attached hydrogens (tertiary/aromatic N) is 3.